The maximum absolute atomic E-state index is 13.7. The molecule has 2 N–H and O–H groups in total. The van der Waals surface area contributed by atoms with Gasteiger partial charge < -0.3 is 14.9 Å². The molecule has 0 radical (unpaired) electrons. The topological polar surface area (TPSA) is 79.7 Å². The molecule has 2 aromatic carbocycles. The van der Waals surface area contributed by atoms with E-state index in [-0.39, 0.29) is 18.7 Å². The van der Waals surface area contributed by atoms with Crippen LogP contribution in [0.15, 0.2) is 54.6 Å². The molecule has 1 aliphatic carbocycles. The van der Waals surface area contributed by atoms with Crippen LogP contribution in [0.5, 0.6) is 0 Å². The molecule has 0 bridgehead atoms. The number of hydrogen-bond donors (Lipinski definition) is 2. The summed E-state index contributed by atoms with van der Waals surface area (Å²) >= 11 is 0. The first-order valence-electron chi connectivity index (χ1n) is 12.1. The molecule has 1 aliphatic rings. The van der Waals surface area contributed by atoms with Gasteiger partial charge in [-0.25, -0.2) is 4.39 Å². The summed E-state index contributed by atoms with van der Waals surface area (Å²) < 4.78 is 18.9. The third-order valence-electron chi connectivity index (χ3n) is 5.88. The van der Waals surface area contributed by atoms with E-state index in [1.165, 1.54) is 12.1 Å². The number of halogens is 1. The summed E-state index contributed by atoms with van der Waals surface area (Å²) in [5.41, 5.74) is 3.90. The number of carbonyl (C=O) groups excluding carboxylic acids is 1. The van der Waals surface area contributed by atoms with Crippen molar-refractivity contribution in [1.82, 2.24) is 4.98 Å². The largest absolute Gasteiger partial charge is 0.460 e. The summed E-state index contributed by atoms with van der Waals surface area (Å²) in [6.45, 7) is 5.30. The van der Waals surface area contributed by atoms with Gasteiger partial charge in [0, 0.05) is 28.9 Å². The summed E-state index contributed by atoms with van der Waals surface area (Å²) in [6.07, 6.45) is 3.39. The van der Waals surface area contributed by atoms with Crippen LogP contribution in [0.25, 0.3) is 28.1 Å². The molecule has 0 amide bonds. The molecule has 0 aliphatic heterocycles. The lowest BCUT2D eigenvalue weighted by molar-refractivity contribution is -0.157. The Morgan fingerprint density at radius 2 is 1.83 bits per heavy atom. The fourth-order valence-corrected chi connectivity index (χ4v) is 4.23. The summed E-state index contributed by atoms with van der Waals surface area (Å²) in [5, 5.41) is 21.9. The van der Waals surface area contributed by atoms with E-state index in [1.54, 1.807) is 39.0 Å². The minimum absolute atomic E-state index is 0.00139. The van der Waals surface area contributed by atoms with Crippen LogP contribution in [0.4, 0.5) is 4.39 Å². The number of benzene rings is 2. The van der Waals surface area contributed by atoms with Crippen molar-refractivity contribution in [2.24, 2.45) is 0 Å². The van der Waals surface area contributed by atoms with Crippen molar-refractivity contribution in [3.05, 3.63) is 71.7 Å². The predicted molar refractivity (Wildman–Crippen MR) is 135 cm³/mol. The lowest BCUT2D eigenvalue weighted by Crippen LogP contribution is -2.27. The number of aliphatic hydroxyl groups is 2. The fraction of sp³-hybridized carbons (Fsp3) is 0.379. The highest BCUT2D eigenvalue weighted by Crippen LogP contribution is 2.45. The first-order chi connectivity index (χ1) is 16.6. The number of nitrogens with zero attached hydrogens (tertiary/aromatic N) is 1. The number of para-hydroxylation sites is 1. The van der Waals surface area contributed by atoms with E-state index in [4.69, 9.17) is 9.72 Å². The van der Waals surface area contributed by atoms with Crippen LogP contribution in [0.3, 0.4) is 0 Å². The molecule has 4 rings (SSSR count). The second-order valence-corrected chi connectivity index (χ2v) is 10.2. The first kappa shape index (κ1) is 25.0. The minimum atomic E-state index is -1.03. The van der Waals surface area contributed by atoms with Crippen LogP contribution >= 0.6 is 0 Å². The van der Waals surface area contributed by atoms with Gasteiger partial charge in [-0.2, -0.15) is 0 Å². The lowest BCUT2D eigenvalue weighted by Gasteiger charge is -2.21. The van der Waals surface area contributed by atoms with Gasteiger partial charge in [0.25, 0.3) is 0 Å². The van der Waals surface area contributed by atoms with E-state index >= 15 is 0 Å². The summed E-state index contributed by atoms with van der Waals surface area (Å²) in [7, 11) is 0. The van der Waals surface area contributed by atoms with Crippen molar-refractivity contribution in [2.75, 3.05) is 0 Å². The van der Waals surface area contributed by atoms with Crippen molar-refractivity contribution < 1.29 is 24.1 Å². The summed E-state index contributed by atoms with van der Waals surface area (Å²) in [4.78, 5) is 16.9. The standard InChI is InChI=1S/C29H32FNO4/c1-29(2,3)35-26(34)17-22(33)16-21(32)14-15-24-27(18-10-12-20(30)13-11-18)23-6-4-5-7-25(23)31-28(24)19-8-9-19/h4-7,10-15,19,21-22,32-33H,8-9,16-17H2,1-3H3/t21-,22+/m1/s1. The summed E-state index contributed by atoms with van der Waals surface area (Å²) in [6, 6.07) is 14.3. The van der Waals surface area contributed by atoms with E-state index in [1.807, 2.05) is 30.3 Å². The average Bonchev–Trinajstić information content (AvgIpc) is 3.61. The number of aromatic nitrogens is 1. The van der Waals surface area contributed by atoms with Crippen LogP contribution < -0.4 is 0 Å². The Balaban J connectivity index is 1.64. The maximum Gasteiger partial charge on any atom is 0.308 e. The lowest BCUT2D eigenvalue weighted by atomic mass is 9.92. The molecule has 0 spiro atoms. The third kappa shape index (κ3) is 6.53. The first-order valence-corrected chi connectivity index (χ1v) is 12.1. The van der Waals surface area contributed by atoms with Crippen molar-refractivity contribution in [1.29, 1.82) is 0 Å². The van der Waals surface area contributed by atoms with Gasteiger partial charge in [0.05, 0.1) is 29.8 Å². The second-order valence-electron chi connectivity index (χ2n) is 10.2. The molecule has 1 aromatic heterocycles. The molecule has 0 saturated heterocycles. The van der Waals surface area contributed by atoms with E-state index in [0.717, 1.165) is 46.1 Å². The number of esters is 1. The van der Waals surface area contributed by atoms with Gasteiger partial charge in [0.1, 0.15) is 11.4 Å². The van der Waals surface area contributed by atoms with Crippen LogP contribution in [-0.4, -0.2) is 39.0 Å². The molecular formula is C29H32FNO4. The van der Waals surface area contributed by atoms with Gasteiger partial charge in [-0.1, -0.05) is 42.5 Å². The number of fused-ring (bicyclic) bond motifs is 1. The van der Waals surface area contributed by atoms with Gasteiger partial charge in [-0.3, -0.25) is 9.78 Å². The summed E-state index contributed by atoms with van der Waals surface area (Å²) in [5.74, 6) is -0.469. The molecule has 2 atom stereocenters. The minimum Gasteiger partial charge on any atom is -0.460 e. The Kier molecular flexibility index (Phi) is 7.33. The monoisotopic (exact) mass is 477 g/mol. The number of ether oxygens (including phenoxy) is 1. The molecule has 1 saturated carbocycles. The van der Waals surface area contributed by atoms with E-state index in [9.17, 15) is 19.4 Å². The van der Waals surface area contributed by atoms with E-state index < -0.39 is 23.8 Å². The number of rotatable bonds is 8. The van der Waals surface area contributed by atoms with Crippen LogP contribution in [0, 0.1) is 5.82 Å². The maximum atomic E-state index is 13.7. The molecule has 1 heterocycles. The Hall–Kier alpha value is -3.09. The van der Waals surface area contributed by atoms with Gasteiger partial charge in [0.2, 0.25) is 0 Å². The van der Waals surface area contributed by atoms with Crippen LogP contribution in [-0.2, 0) is 9.53 Å². The molecule has 0 unspecified atom stereocenters. The highest BCUT2D eigenvalue weighted by Gasteiger charge is 2.29. The fourth-order valence-electron chi connectivity index (χ4n) is 4.23. The molecular weight excluding hydrogens is 445 g/mol. The molecule has 6 heteroatoms. The Labute approximate surface area is 205 Å². The van der Waals surface area contributed by atoms with E-state index in [2.05, 4.69) is 0 Å². The highest BCUT2D eigenvalue weighted by molar-refractivity contribution is 5.99. The third-order valence-corrected chi connectivity index (χ3v) is 5.88. The Morgan fingerprint density at radius 1 is 1.14 bits per heavy atom. The zero-order valence-corrected chi connectivity index (χ0v) is 20.4. The zero-order valence-electron chi connectivity index (χ0n) is 20.4. The quantitative estimate of drug-likeness (QED) is 0.402. The zero-order chi connectivity index (χ0) is 25.2. The number of pyridine rings is 1. The van der Waals surface area contributed by atoms with Crippen molar-refractivity contribution in [3.63, 3.8) is 0 Å². The number of aliphatic hydroxyl groups excluding tert-OH is 2. The van der Waals surface area contributed by atoms with Crippen molar-refractivity contribution in [2.45, 2.75) is 70.2 Å². The molecule has 184 valence electrons. The highest BCUT2D eigenvalue weighted by atomic mass is 19.1. The van der Waals surface area contributed by atoms with Crippen molar-refractivity contribution in [3.8, 4) is 11.1 Å². The van der Waals surface area contributed by atoms with Crippen LogP contribution in [0.1, 0.15) is 63.6 Å². The predicted octanol–water partition coefficient (Wildman–Crippen LogP) is 5.78. The average molecular weight is 478 g/mol. The van der Waals surface area contributed by atoms with Crippen LogP contribution in [0.2, 0.25) is 0 Å². The molecule has 3 aromatic rings. The normalized spacial score (nSPS) is 15.9. The van der Waals surface area contributed by atoms with E-state index in [0.29, 0.717) is 5.92 Å². The number of carbonyl (C=O) groups is 1. The van der Waals surface area contributed by atoms with Gasteiger partial charge >= 0.3 is 5.97 Å². The molecule has 35 heavy (non-hydrogen) atoms. The van der Waals surface area contributed by atoms with Crippen molar-refractivity contribution >= 4 is 22.9 Å². The van der Waals surface area contributed by atoms with Gasteiger partial charge in [-0.15, -0.1) is 0 Å². The smallest absolute Gasteiger partial charge is 0.308 e. The molecule has 1 fully saturated rings. The van der Waals surface area contributed by atoms with Gasteiger partial charge in [-0.05, 0) is 57.4 Å². The number of hydrogen-bond acceptors (Lipinski definition) is 5. The Morgan fingerprint density at radius 3 is 2.49 bits per heavy atom. The Bertz CT molecular complexity index is 1230. The SMILES string of the molecule is CC(C)(C)OC(=O)C[C@@H](O)C[C@H](O)C=Cc1c(C2CC2)nc2ccccc2c1-c1ccc(F)cc1. The molecule has 5 nitrogen and oxygen atoms in total. The van der Waals surface area contributed by atoms with Gasteiger partial charge in [0.15, 0.2) is 0 Å². The second kappa shape index (κ2) is 10.3.